The summed E-state index contributed by atoms with van der Waals surface area (Å²) in [4.78, 5) is 27.1. The molecule has 0 unspecified atom stereocenters. The second kappa shape index (κ2) is 6.72. The van der Waals surface area contributed by atoms with Gasteiger partial charge in [-0.25, -0.2) is 19.7 Å². The molecule has 1 saturated heterocycles. The molecule has 0 spiro atoms. The van der Waals surface area contributed by atoms with E-state index in [0.717, 1.165) is 31.6 Å². The summed E-state index contributed by atoms with van der Waals surface area (Å²) in [5, 5.41) is 6.87. The number of H-pyrrole nitrogens is 1. The van der Waals surface area contributed by atoms with Crippen LogP contribution in [-0.2, 0) is 4.74 Å². The summed E-state index contributed by atoms with van der Waals surface area (Å²) in [5.74, 6) is 1.04. The Balaban J connectivity index is 1.87. The number of piperidine rings is 1. The molecule has 0 radical (unpaired) electrons. The van der Waals surface area contributed by atoms with Crippen LogP contribution in [0.1, 0.15) is 54.1 Å². The van der Waals surface area contributed by atoms with E-state index < -0.39 is 0 Å². The highest BCUT2D eigenvalue weighted by molar-refractivity contribution is 5.90. The summed E-state index contributed by atoms with van der Waals surface area (Å²) in [6.45, 7) is 4.76. The molecular formula is C15H20N6O2. The molecule has 1 N–H and O–H groups in total. The Morgan fingerprint density at radius 2 is 2.30 bits per heavy atom. The molecule has 3 heterocycles. The molecule has 1 fully saturated rings. The third-order valence-electron chi connectivity index (χ3n) is 3.97. The maximum Gasteiger partial charge on any atom is 0.341 e. The summed E-state index contributed by atoms with van der Waals surface area (Å²) in [5.41, 5.74) is 1.03. The summed E-state index contributed by atoms with van der Waals surface area (Å²) in [7, 11) is 0. The number of nitrogens with one attached hydrogen (secondary N) is 1. The van der Waals surface area contributed by atoms with Crippen molar-refractivity contribution < 1.29 is 9.53 Å². The van der Waals surface area contributed by atoms with Crippen LogP contribution < -0.4 is 4.90 Å². The molecule has 1 aliphatic rings. The number of anilines is 1. The van der Waals surface area contributed by atoms with Crippen LogP contribution in [0.4, 0.5) is 5.95 Å². The number of esters is 1. The second-order valence-corrected chi connectivity index (χ2v) is 5.47. The molecule has 0 amide bonds. The standard InChI is InChI=1S/C15H20N6O2/c1-3-23-14(22)11-8-16-15(19-10(11)2)21-7-5-4-6-12(21)13-17-9-18-20-13/h8-9,12H,3-7H2,1-2H3,(H,17,18,20)/t12-/m0/s1. The van der Waals surface area contributed by atoms with Gasteiger partial charge >= 0.3 is 5.97 Å². The van der Waals surface area contributed by atoms with Gasteiger partial charge in [0.2, 0.25) is 5.95 Å². The number of aromatic nitrogens is 5. The predicted molar refractivity (Wildman–Crippen MR) is 83.0 cm³/mol. The molecule has 0 aliphatic carbocycles. The van der Waals surface area contributed by atoms with E-state index in [2.05, 4.69) is 30.0 Å². The fraction of sp³-hybridized carbons (Fsp3) is 0.533. The van der Waals surface area contributed by atoms with E-state index >= 15 is 0 Å². The molecule has 0 aromatic carbocycles. The van der Waals surface area contributed by atoms with Crippen LogP contribution in [0, 0.1) is 6.92 Å². The van der Waals surface area contributed by atoms with Crippen LogP contribution in [0.25, 0.3) is 0 Å². The molecule has 0 bridgehead atoms. The smallest absolute Gasteiger partial charge is 0.341 e. The van der Waals surface area contributed by atoms with Gasteiger partial charge in [-0.15, -0.1) is 0 Å². The largest absolute Gasteiger partial charge is 0.462 e. The lowest BCUT2D eigenvalue weighted by Gasteiger charge is -2.34. The van der Waals surface area contributed by atoms with Crippen LogP contribution in [0.3, 0.4) is 0 Å². The van der Waals surface area contributed by atoms with Crippen molar-refractivity contribution in [2.75, 3.05) is 18.1 Å². The zero-order chi connectivity index (χ0) is 16.2. The summed E-state index contributed by atoms with van der Waals surface area (Å²) < 4.78 is 5.02. The van der Waals surface area contributed by atoms with Crippen LogP contribution in [-0.4, -0.2) is 44.3 Å². The van der Waals surface area contributed by atoms with Gasteiger partial charge in [-0.3, -0.25) is 5.10 Å². The Kier molecular flexibility index (Phi) is 4.50. The number of rotatable bonds is 4. The monoisotopic (exact) mass is 316 g/mol. The van der Waals surface area contributed by atoms with Crippen molar-refractivity contribution in [1.29, 1.82) is 0 Å². The molecule has 23 heavy (non-hydrogen) atoms. The average molecular weight is 316 g/mol. The normalized spacial score (nSPS) is 18.0. The Labute approximate surface area is 134 Å². The summed E-state index contributed by atoms with van der Waals surface area (Å²) in [6.07, 6.45) is 6.23. The minimum absolute atomic E-state index is 0.0825. The number of aryl methyl sites for hydroxylation is 1. The van der Waals surface area contributed by atoms with E-state index in [1.165, 1.54) is 6.33 Å². The third-order valence-corrected chi connectivity index (χ3v) is 3.97. The topological polar surface area (TPSA) is 96.9 Å². The SMILES string of the molecule is CCOC(=O)c1cnc(N2CCCC[C@H]2c2ncn[nH]2)nc1C. The Morgan fingerprint density at radius 1 is 1.43 bits per heavy atom. The first-order valence-electron chi connectivity index (χ1n) is 7.83. The number of carbonyl (C=O) groups excluding carboxylic acids is 1. The first-order chi connectivity index (χ1) is 11.2. The lowest BCUT2D eigenvalue weighted by molar-refractivity contribution is 0.0524. The van der Waals surface area contributed by atoms with E-state index in [9.17, 15) is 4.79 Å². The van der Waals surface area contributed by atoms with Gasteiger partial charge < -0.3 is 9.64 Å². The molecule has 8 heteroatoms. The van der Waals surface area contributed by atoms with E-state index in [-0.39, 0.29) is 12.0 Å². The summed E-state index contributed by atoms with van der Waals surface area (Å²) in [6, 6.07) is 0.0825. The zero-order valence-corrected chi connectivity index (χ0v) is 13.3. The van der Waals surface area contributed by atoms with Crippen molar-refractivity contribution in [1.82, 2.24) is 25.1 Å². The van der Waals surface area contributed by atoms with Crippen molar-refractivity contribution in [2.45, 2.75) is 39.2 Å². The van der Waals surface area contributed by atoms with E-state index in [1.54, 1.807) is 20.0 Å². The van der Waals surface area contributed by atoms with Gasteiger partial charge in [0.15, 0.2) is 0 Å². The Bertz CT molecular complexity index is 673. The molecule has 2 aromatic heterocycles. The van der Waals surface area contributed by atoms with Crippen molar-refractivity contribution in [3.63, 3.8) is 0 Å². The second-order valence-electron chi connectivity index (χ2n) is 5.47. The van der Waals surface area contributed by atoms with Crippen LogP contribution in [0.5, 0.6) is 0 Å². The van der Waals surface area contributed by atoms with Gasteiger partial charge in [0.25, 0.3) is 0 Å². The number of aromatic amines is 1. The molecular weight excluding hydrogens is 296 g/mol. The quantitative estimate of drug-likeness (QED) is 0.859. The van der Waals surface area contributed by atoms with Gasteiger partial charge in [0, 0.05) is 12.7 Å². The number of ether oxygens (including phenoxy) is 1. The Morgan fingerprint density at radius 3 is 3.00 bits per heavy atom. The van der Waals surface area contributed by atoms with Crippen molar-refractivity contribution >= 4 is 11.9 Å². The molecule has 3 rings (SSSR count). The maximum atomic E-state index is 11.9. The van der Waals surface area contributed by atoms with Crippen molar-refractivity contribution in [2.24, 2.45) is 0 Å². The molecule has 1 atom stereocenters. The fourth-order valence-electron chi connectivity index (χ4n) is 2.83. The highest BCUT2D eigenvalue weighted by atomic mass is 16.5. The molecule has 0 saturated carbocycles. The molecule has 122 valence electrons. The number of hydrogen-bond acceptors (Lipinski definition) is 7. The third kappa shape index (κ3) is 3.15. The molecule has 2 aromatic rings. The van der Waals surface area contributed by atoms with Crippen LogP contribution >= 0.6 is 0 Å². The minimum atomic E-state index is -0.387. The van der Waals surface area contributed by atoms with Gasteiger partial charge in [-0.1, -0.05) is 0 Å². The molecule has 1 aliphatic heterocycles. The van der Waals surface area contributed by atoms with Crippen LogP contribution in [0.2, 0.25) is 0 Å². The predicted octanol–water partition coefficient (Wildman–Crippen LogP) is 1.81. The first-order valence-corrected chi connectivity index (χ1v) is 7.83. The zero-order valence-electron chi connectivity index (χ0n) is 13.3. The highest BCUT2D eigenvalue weighted by Gasteiger charge is 2.28. The average Bonchev–Trinajstić information content (AvgIpc) is 3.09. The fourth-order valence-corrected chi connectivity index (χ4v) is 2.83. The lowest BCUT2D eigenvalue weighted by Crippen LogP contribution is -2.35. The van der Waals surface area contributed by atoms with Gasteiger partial charge in [0.05, 0.1) is 23.9 Å². The van der Waals surface area contributed by atoms with E-state index in [4.69, 9.17) is 4.74 Å². The van der Waals surface area contributed by atoms with Crippen LogP contribution in [0.15, 0.2) is 12.5 Å². The van der Waals surface area contributed by atoms with E-state index in [1.807, 2.05) is 0 Å². The van der Waals surface area contributed by atoms with Gasteiger partial charge in [-0.05, 0) is 33.1 Å². The van der Waals surface area contributed by atoms with Crippen molar-refractivity contribution in [3.05, 3.63) is 29.6 Å². The minimum Gasteiger partial charge on any atom is -0.462 e. The highest BCUT2D eigenvalue weighted by Crippen LogP contribution is 2.31. The molecule has 8 nitrogen and oxygen atoms in total. The number of carbonyl (C=O) groups is 1. The first kappa shape index (κ1) is 15.4. The van der Waals surface area contributed by atoms with Gasteiger partial charge in [0.1, 0.15) is 12.2 Å². The Hall–Kier alpha value is -2.51. The van der Waals surface area contributed by atoms with Crippen molar-refractivity contribution in [3.8, 4) is 0 Å². The maximum absolute atomic E-state index is 11.9. The lowest BCUT2D eigenvalue weighted by atomic mass is 10.0. The van der Waals surface area contributed by atoms with Gasteiger partial charge in [-0.2, -0.15) is 5.10 Å². The number of hydrogen-bond donors (Lipinski definition) is 1. The van der Waals surface area contributed by atoms with E-state index in [0.29, 0.717) is 23.8 Å². The summed E-state index contributed by atoms with van der Waals surface area (Å²) >= 11 is 0. The number of nitrogens with zero attached hydrogens (tertiary/aromatic N) is 5.